The summed E-state index contributed by atoms with van der Waals surface area (Å²) in [6.07, 6.45) is 1.17. The average molecular weight is 304 g/mol. The van der Waals surface area contributed by atoms with Crippen LogP contribution in [0.4, 0.5) is 8.78 Å². The minimum atomic E-state index is -2.65. The Hall–Kier alpha value is -0.823. The van der Waals surface area contributed by atoms with Gasteiger partial charge in [0.1, 0.15) is 11.6 Å². The lowest BCUT2D eigenvalue weighted by Crippen LogP contribution is -2.44. The highest BCUT2D eigenvalue weighted by Crippen LogP contribution is 2.20. The maximum absolute atomic E-state index is 13.5. The molecule has 1 rings (SSSR count). The first-order chi connectivity index (χ1) is 9.56. The Balaban J connectivity index is 2.59. The van der Waals surface area contributed by atoms with E-state index in [1.807, 2.05) is 13.8 Å². The molecule has 0 bridgehead atoms. The number of benzene rings is 1. The molecule has 0 radical (unpaired) electrons. The molecular weight excluding hydrogens is 282 g/mol. The van der Waals surface area contributed by atoms with Crippen molar-refractivity contribution < 1.29 is 22.1 Å². The van der Waals surface area contributed by atoms with Crippen molar-refractivity contribution in [2.75, 3.05) is 20.3 Å². The lowest BCUT2D eigenvalue weighted by Gasteiger charge is -2.27. The predicted octanol–water partition coefficient (Wildman–Crippen LogP) is 3.56. The Bertz CT molecular complexity index is 409. The molecule has 0 aromatic heterocycles. The molecular formula is C14H22F2O3Si. The predicted molar refractivity (Wildman–Crippen MR) is 75.5 cm³/mol. The van der Waals surface area contributed by atoms with Crippen LogP contribution in [0.3, 0.4) is 0 Å². The topological polar surface area (TPSA) is 27.7 Å². The molecule has 1 aromatic rings. The second-order valence-electron chi connectivity index (χ2n) is 4.34. The van der Waals surface area contributed by atoms with E-state index in [-0.39, 0.29) is 0 Å². The summed E-state index contributed by atoms with van der Waals surface area (Å²) in [4.78, 5) is 0. The molecule has 0 amide bonds. The van der Waals surface area contributed by atoms with Crippen molar-refractivity contribution in [3.05, 3.63) is 35.4 Å². The monoisotopic (exact) mass is 304 g/mol. The van der Waals surface area contributed by atoms with Crippen LogP contribution in [0.5, 0.6) is 0 Å². The fourth-order valence-corrected chi connectivity index (χ4v) is 4.37. The van der Waals surface area contributed by atoms with E-state index in [9.17, 15) is 8.78 Å². The van der Waals surface area contributed by atoms with Gasteiger partial charge in [0.05, 0.1) is 0 Å². The highest BCUT2D eigenvalue weighted by atomic mass is 28.4. The van der Waals surface area contributed by atoms with E-state index in [1.165, 1.54) is 12.1 Å². The average Bonchev–Trinajstić information content (AvgIpc) is 2.41. The van der Waals surface area contributed by atoms with Crippen LogP contribution in [0.1, 0.15) is 25.8 Å². The van der Waals surface area contributed by atoms with Gasteiger partial charge in [0, 0.05) is 32.4 Å². The normalized spacial score (nSPS) is 11.8. The van der Waals surface area contributed by atoms with Crippen molar-refractivity contribution in [3.63, 3.8) is 0 Å². The van der Waals surface area contributed by atoms with Gasteiger partial charge in [-0.1, -0.05) is 6.07 Å². The summed E-state index contributed by atoms with van der Waals surface area (Å²) < 4.78 is 43.1. The molecule has 0 saturated carbocycles. The van der Waals surface area contributed by atoms with Crippen LogP contribution in [-0.4, -0.2) is 29.1 Å². The van der Waals surface area contributed by atoms with Gasteiger partial charge in [-0.05, 0) is 38.3 Å². The third-order valence-electron chi connectivity index (χ3n) is 2.98. The zero-order valence-electron chi connectivity index (χ0n) is 12.2. The molecule has 20 heavy (non-hydrogen) atoms. The zero-order chi connectivity index (χ0) is 15.0. The highest BCUT2D eigenvalue weighted by Gasteiger charge is 2.38. The molecule has 6 heteroatoms. The second-order valence-corrected chi connectivity index (χ2v) is 7.19. The first-order valence-electron chi connectivity index (χ1n) is 6.84. The maximum Gasteiger partial charge on any atom is 0.500 e. The van der Waals surface area contributed by atoms with Gasteiger partial charge in [-0.3, -0.25) is 0 Å². The van der Waals surface area contributed by atoms with Crippen molar-refractivity contribution in [1.29, 1.82) is 0 Å². The van der Waals surface area contributed by atoms with Crippen molar-refractivity contribution in [1.82, 2.24) is 0 Å². The van der Waals surface area contributed by atoms with Crippen LogP contribution in [-0.2, 0) is 19.7 Å². The molecule has 0 aliphatic rings. The fourth-order valence-electron chi connectivity index (χ4n) is 2.07. The number of halogens is 2. The summed E-state index contributed by atoms with van der Waals surface area (Å²) >= 11 is 0. The van der Waals surface area contributed by atoms with E-state index >= 15 is 0 Å². The van der Waals surface area contributed by atoms with Crippen LogP contribution >= 0.6 is 0 Å². The van der Waals surface area contributed by atoms with E-state index in [0.717, 1.165) is 6.07 Å². The van der Waals surface area contributed by atoms with E-state index in [1.54, 1.807) is 7.11 Å². The minimum absolute atomic E-state index is 0.499. The van der Waals surface area contributed by atoms with E-state index in [4.69, 9.17) is 13.3 Å². The van der Waals surface area contributed by atoms with Gasteiger partial charge in [0.2, 0.25) is 0 Å². The van der Waals surface area contributed by atoms with E-state index in [0.29, 0.717) is 37.7 Å². The Morgan fingerprint density at radius 3 is 2.25 bits per heavy atom. The SMILES string of the molecule is CCO[Si](CCCc1ccc(F)cc1F)(OC)OCC. The number of hydrogen-bond donors (Lipinski definition) is 0. The van der Waals surface area contributed by atoms with Gasteiger partial charge in [-0.25, -0.2) is 8.78 Å². The molecule has 0 unspecified atom stereocenters. The van der Waals surface area contributed by atoms with Crippen LogP contribution in [0.15, 0.2) is 18.2 Å². The second kappa shape index (κ2) is 8.46. The Morgan fingerprint density at radius 2 is 1.75 bits per heavy atom. The minimum Gasteiger partial charge on any atom is -0.377 e. The molecule has 114 valence electrons. The smallest absolute Gasteiger partial charge is 0.377 e. The van der Waals surface area contributed by atoms with Gasteiger partial charge >= 0.3 is 8.80 Å². The summed E-state index contributed by atoms with van der Waals surface area (Å²) in [6.45, 7) is 4.81. The molecule has 0 aliphatic carbocycles. The number of hydrogen-bond acceptors (Lipinski definition) is 3. The number of aryl methyl sites for hydroxylation is 1. The van der Waals surface area contributed by atoms with Crippen molar-refractivity contribution in [3.8, 4) is 0 Å². The molecule has 0 aliphatic heterocycles. The van der Waals surface area contributed by atoms with Gasteiger partial charge in [-0.15, -0.1) is 0 Å². The summed E-state index contributed by atoms with van der Waals surface area (Å²) in [5.41, 5.74) is 0.499. The molecule has 0 N–H and O–H groups in total. The first kappa shape index (κ1) is 17.2. The third kappa shape index (κ3) is 4.94. The van der Waals surface area contributed by atoms with Crippen LogP contribution in [0.2, 0.25) is 6.04 Å². The van der Waals surface area contributed by atoms with Gasteiger partial charge in [-0.2, -0.15) is 0 Å². The Morgan fingerprint density at radius 1 is 1.10 bits per heavy atom. The first-order valence-corrected chi connectivity index (χ1v) is 8.77. The van der Waals surface area contributed by atoms with Crippen molar-refractivity contribution >= 4 is 8.80 Å². The Labute approximate surface area is 120 Å². The summed E-state index contributed by atoms with van der Waals surface area (Å²) in [6, 6.07) is 4.26. The lowest BCUT2D eigenvalue weighted by molar-refractivity contribution is 0.0861. The Kier molecular flexibility index (Phi) is 7.29. The zero-order valence-corrected chi connectivity index (χ0v) is 13.2. The van der Waals surface area contributed by atoms with Crippen LogP contribution < -0.4 is 0 Å². The van der Waals surface area contributed by atoms with Crippen molar-refractivity contribution in [2.24, 2.45) is 0 Å². The highest BCUT2D eigenvalue weighted by molar-refractivity contribution is 6.60. The standard InChI is InChI=1S/C14H22F2O3Si/c1-4-18-20(17-3,19-5-2)10-6-7-12-8-9-13(15)11-14(12)16/h8-9,11H,4-7,10H2,1-3H3. The van der Waals surface area contributed by atoms with Gasteiger partial charge in [0.15, 0.2) is 0 Å². The molecule has 0 fully saturated rings. The summed E-state index contributed by atoms with van der Waals surface area (Å²) in [5, 5.41) is 0. The molecule has 1 aromatic carbocycles. The fraction of sp³-hybridized carbons (Fsp3) is 0.571. The van der Waals surface area contributed by atoms with Crippen LogP contribution in [0, 0.1) is 11.6 Å². The molecule has 0 saturated heterocycles. The molecule has 0 spiro atoms. The van der Waals surface area contributed by atoms with Crippen LogP contribution in [0.25, 0.3) is 0 Å². The molecule has 0 atom stereocenters. The lowest BCUT2D eigenvalue weighted by atomic mass is 10.1. The van der Waals surface area contributed by atoms with E-state index in [2.05, 4.69) is 0 Å². The van der Waals surface area contributed by atoms with Gasteiger partial charge in [0.25, 0.3) is 0 Å². The summed E-state index contributed by atoms with van der Waals surface area (Å²) in [5.74, 6) is -1.07. The summed E-state index contributed by atoms with van der Waals surface area (Å²) in [7, 11) is -1.07. The number of rotatable bonds is 9. The third-order valence-corrected chi connectivity index (χ3v) is 6.03. The van der Waals surface area contributed by atoms with Gasteiger partial charge < -0.3 is 13.3 Å². The largest absolute Gasteiger partial charge is 0.500 e. The van der Waals surface area contributed by atoms with Crippen molar-refractivity contribution in [2.45, 2.75) is 32.7 Å². The molecule has 3 nitrogen and oxygen atoms in total. The molecule has 0 heterocycles. The quantitative estimate of drug-likeness (QED) is 0.653. The maximum atomic E-state index is 13.5. The van der Waals surface area contributed by atoms with E-state index < -0.39 is 20.4 Å².